The maximum atomic E-state index is 13.3. The van der Waals surface area contributed by atoms with Crippen LogP contribution in [-0.2, 0) is 10.0 Å². The second-order valence-electron chi connectivity index (χ2n) is 6.67. The van der Waals surface area contributed by atoms with E-state index < -0.39 is 10.0 Å². The van der Waals surface area contributed by atoms with Gasteiger partial charge in [-0.15, -0.1) is 5.10 Å². The fraction of sp³-hybridized carbons (Fsp3) is 0.333. The molecule has 0 atom stereocenters. The van der Waals surface area contributed by atoms with Crippen molar-refractivity contribution >= 4 is 32.7 Å². The second kappa shape index (κ2) is 6.85. The van der Waals surface area contributed by atoms with Crippen LogP contribution in [0.2, 0.25) is 5.02 Å². The van der Waals surface area contributed by atoms with Gasteiger partial charge in [-0.05, 0) is 49.6 Å². The Morgan fingerprint density at radius 2 is 1.93 bits per heavy atom. The van der Waals surface area contributed by atoms with Crippen molar-refractivity contribution in [2.24, 2.45) is 0 Å². The monoisotopic (exact) mass is 408 g/mol. The largest absolute Gasteiger partial charge is 0.243 e. The molecule has 0 aliphatic carbocycles. The molecule has 0 bridgehead atoms. The molecule has 6 nitrogen and oxygen atoms in total. The molecule has 2 heterocycles. The Bertz CT molecular complexity index is 1110. The predicted molar refractivity (Wildman–Crippen MR) is 101 cm³/mol. The van der Waals surface area contributed by atoms with Crippen LogP contribution < -0.4 is 0 Å². The number of hydrogen-bond acceptors (Lipinski definition) is 4. The van der Waals surface area contributed by atoms with E-state index in [-0.39, 0.29) is 16.8 Å². The maximum absolute atomic E-state index is 13.3. The molecular weight excluding hydrogens is 391 g/mol. The third-order valence-corrected chi connectivity index (χ3v) is 7.49. The van der Waals surface area contributed by atoms with Gasteiger partial charge >= 0.3 is 0 Å². The van der Waals surface area contributed by atoms with Gasteiger partial charge in [0.1, 0.15) is 11.3 Å². The molecule has 0 unspecified atom stereocenters. The van der Waals surface area contributed by atoms with Gasteiger partial charge in [0.25, 0.3) is 0 Å². The Morgan fingerprint density at radius 1 is 1.19 bits per heavy atom. The van der Waals surface area contributed by atoms with Crippen molar-refractivity contribution < 1.29 is 12.8 Å². The van der Waals surface area contributed by atoms with Crippen LogP contribution in [0.15, 0.2) is 41.3 Å². The molecule has 4 rings (SSSR count). The Labute approximate surface area is 161 Å². The topological polar surface area (TPSA) is 68.1 Å². The summed E-state index contributed by atoms with van der Waals surface area (Å²) in [6, 6.07) is 9.32. The highest BCUT2D eigenvalue weighted by atomic mass is 35.5. The molecule has 0 spiro atoms. The number of nitrogens with zero attached hydrogens (tertiary/aromatic N) is 4. The summed E-state index contributed by atoms with van der Waals surface area (Å²) in [5.74, 6) is -0.354. The Morgan fingerprint density at radius 3 is 2.67 bits per heavy atom. The minimum Gasteiger partial charge on any atom is -0.241 e. The highest BCUT2D eigenvalue weighted by molar-refractivity contribution is 7.89. The first-order valence-corrected chi connectivity index (χ1v) is 10.5. The number of benzene rings is 2. The third-order valence-electron chi connectivity index (χ3n) is 5.04. The highest BCUT2D eigenvalue weighted by Crippen LogP contribution is 2.31. The molecule has 9 heteroatoms. The van der Waals surface area contributed by atoms with Crippen molar-refractivity contribution in [1.29, 1.82) is 0 Å². The lowest BCUT2D eigenvalue weighted by atomic mass is 10.1. The van der Waals surface area contributed by atoms with Gasteiger partial charge in [-0.25, -0.2) is 17.5 Å². The number of fused-ring (bicyclic) bond motifs is 1. The molecule has 0 radical (unpaired) electrons. The van der Waals surface area contributed by atoms with Crippen LogP contribution in [0, 0.1) is 12.7 Å². The van der Waals surface area contributed by atoms with E-state index in [1.54, 1.807) is 35.9 Å². The van der Waals surface area contributed by atoms with Crippen LogP contribution in [0.1, 0.15) is 24.4 Å². The molecule has 0 N–H and O–H groups in total. The molecule has 1 saturated heterocycles. The van der Waals surface area contributed by atoms with E-state index in [4.69, 9.17) is 11.6 Å². The summed E-state index contributed by atoms with van der Waals surface area (Å²) in [4.78, 5) is 0.245. The summed E-state index contributed by atoms with van der Waals surface area (Å²) in [6.07, 6.45) is 1.21. The fourth-order valence-corrected chi connectivity index (χ4v) is 5.47. The molecule has 1 aliphatic rings. The third kappa shape index (κ3) is 3.22. The van der Waals surface area contributed by atoms with Crippen LogP contribution in [0.5, 0.6) is 0 Å². The lowest BCUT2D eigenvalue weighted by Gasteiger charge is -2.31. The Kier molecular flexibility index (Phi) is 4.65. The minimum absolute atomic E-state index is 0.0207. The van der Waals surface area contributed by atoms with Gasteiger partial charge in [-0.2, -0.15) is 4.31 Å². The summed E-state index contributed by atoms with van der Waals surface area (Å²) in [5.41, 5.74) is 1.81. The first-order chi connectivity index (χ1) is 12.9. The van der Waals surface area contributed by atoms with Crippen LogP contribution in [0.3, 0.4) is 0 Å². The summed E-state index contributed by atoms with van der Waals surface area (Å²) in [5, 5.41) is 8.60. The van der Waals surface area contributed by atoms with Gasteiger partial charge < -0.3 is 0 Å². The summed E-state index contributed by atoms with van der Waals surface area (Å²) in [7, 11) is -3.60. The number of halogens is 2. The van der Waals surface area contributed by atoms with Gasteiger partial charge in [-0.1, -0.05) is 22.9 Å². The van der Waals surface area contributed by atoms with E-state index in [2.05, 4.69) is 10.3 Å². The van der Waals surface area contributed by atoms with E-state index in [1.807, 2.05) is 0 Å². The number of sulfonamides is 1. The SMILES string of the molecule is Cc1c(Cl)cccc1S(=O)(=O)N1CCC(n2nnc3cc(F)ccc32)CC1. The van der Waals surface area contributed by atoms with Crippen molar-refractivity contribution in [3.63, 3.8) is 0 Å². The van der Waals surface area contributed by atoms with Crippen LogP contribution >= 0.6 is 11.6 Å². The lowest BCUT2D eigenvalue weighted by Crippen LogP contribution is -2.39. The van der Waals surface area contributed by atoms with E-state index in [9.17, 15) is 12.8 Å². The van der Waals surface area contributed by atoms with Gasteiger partial charge in [-0.3, -0.25) is 0 Å². The quantitative estimate of drug-likeness (QED) is 0.664. The molecule has 142 valence electrons. The van der Waals surface area contributed by atoms with E-state index >= 15 is 0 Å². The summed E-state index contributed by atoms with van der Waals surface area (Å²) < 4.78 is 42.6. The summed E-state index contributed by atoms with van der Waals surface area (Å²) in [6.45, 7) is 2.46. The molecular formula is C18H18ClFN4O2S. The molecule has 1 aliphatic heterocycles. The summed E-state index contributed by atoms with van der Waals surface area (Å²) >= 11 is 6.09. The van der Waals surface area contributed by atoms with Crippen LogP contribution in [0.25, 0.3) is 11.0 Å². The number of aromatic nitrogens is 3. The average molecular weight is 409 g/mol. The molecule has 3 aromatic rings. The molecule has 2 aromatic carbocycles. The van der Waals surface area contributed by atoms with E-state index in [0.717, 1.165) is 5.52 Å². The van der Waals surface area contributed by atoms with Gasteiger partial charge in [0, 0.05) is 24.2 Å². The second-order valence-corrected chi connectivity index (χ2v) is 8.98. The number of rotatable bonds is 3. The van der Waals surface area contributed by atoms with Gasteiger partial charge in [0.05, 0.1) is 16.5 Å². The lowest BCUT2D eigenvalue weighted by molar-refractivity contribution is 0.262. The molecule has 1 fully saturated rings. The standard InChI is InChI=1S/C18H18ClFN4O2S/c1-12-15(19)3-2-4-18(12)27(25,26)23-9-7-14(8-10-23)24-17-6-5-13(20)11-16(17)21-22-24/h2-6,11,14H,7-10H2,1H3. The Hall–Kier alpha value is -2.03. The normalized spacial score (nSPS) is 16.9. The van der Waals surface area contributed by atoms with Crippen molar-refractivity contribution in [3.05, 3.63) is 52.8 Å². The van der Waals surface area contributed by atoms with Gasteiger partial charge in [0.15, 0.2) is 0 Å². The van der Waals surface area contributed by atoms with Crippen molar-refractivity contribution in [2.75, 3.05) is 13.1 Å². The van der Waals surface area contributed by atoms with Crippen molar-refractivity contribution in [2.45, 2.75) is 30.7 Å². The first-order valence-electron chi connectivity index (χ1n) is 8.63. The minimum atomic E-state index is -3.60. The Balaban J connectivity index is 1.55. The van der Waals surface area contributed by atoms with Crippen LogP contribution in [0.4, 0.5) is 4.39 Å². The predicted octanol–water partition coefficient (Wildman–Crippen LogP) is 3.56. The smallest absolute Gasteiger partial charge is 0.241 e. The van der Waals surface area contributed by atoms with E-state index in [1.165, 1.54) is 16.4 Å². The van der Waals surface area contributed by atoms with Gasteiger partial charge in [0.2, 0.25) is 10.0 Å². The van der Waals surface area contributed by atoms with Crippen molar-refractivity contribution in [3.8, 4) is 0 Å². The molecule has 0 saturated carbocycles. The zero-order valence-corrected chi connectivity index (χ0v) is 16.2. The number of hydrogen-bond donors (Lipinski definition) is 0. The highest BCUT2D eigenvalue weighted by Gasteiger charge is 2.32. The molecule has 1 aromatic heterocycles. The maximum Gasteiger partial charge on any atom is 0.243 e. The zero-order chi connectivity index (χ0) is 19.2. The molecule has 0 amide bonds. The van der Waals surface area contributed by atoms with Crippen LogP contribution in [-0.4, -0.2) is 40.8 Å². The van der Waals surface area contributed by atoms with Crippen molar-refractivity contribution in [1.82, 2.24) is 19.3 Å². The fourth-order valence-electron chi connectivity index (χ4n) is 3.52. The van der Waals surface area contributed by atoms with E-state index in [0.29, 0.717) is 42.0 Å². The molecule has 27 heavy (non-hydrogen) atoms. The first kappa shape index (κ1) is 18.3. The zero-order valence-electron chi connectivity index (χ0n) is 14.6. The number of piperidine rings is 1. The average Bonchev–Trinajstić information content (AvgIpc) is 3.07.